The minimum absolute atomic E-state index is 0.265. The van der Waals surface area contributed by atoms with Crippen LogP contribution in [0.3, 0.4) is 0 Å². The van der Waals surface area contributed by atoms with Gasteiger partial charge in [0.2, 0.25) is 0 Å². The van der Waals surface area contributed by atoms with Gasteiger partial charge in [-0.25, -0.2) is 0 Å². The molecule has 1 heterocycles. The second-order valence-corrected chi connectivity index (χ2v) is 9.26. The maximum Gasteiger partial charge on any atom is 0.306 e. The Kier molecular flexibility index (Phi) is 9.89. The number of carbonyl (C=O) groups is 1. The number of carboxylic acids is 1. The monoisotopic (exact) mass is 502 g/mol. The van der Waals surface area contributed by atoms with Gasteiger partial charge in [0.1, 0.15) is 12.2 Å². The smallest absolute Gasteiger partial charge is 0.306 e. The van der Waals surface area contributed by atoms with Crippen LogP contribution in [-0.2, 0) is 43.6 Å². The van der Waals surface area contributed by atoms with Gasteiger partial charge in [-0.2, -0.15) is 0 Å². The standard InChI is InChI=1S/C31H34O6/c1-23(31(32)33)17-27-18-28(35-20-25-13-7-3-8-14-25)30(36-21-26-15-9-4-10-16-26)29(37-27)22-34-19-24-11-5-2-6-12-24/h2-16,18,23,28-30H,17,19-22H2,1H3,(H,32,33)/t23?,28-,29-,30-/m1/s1. The van der Waals surface area contributed by atoms with Gasteiger partial charge < -0.3 is 24.1 Å². The number of rotatable bonds is 13. The largest absolute Gasteiger partial charge is 0.490 e. The summed E-state index contributed by atoms with van der Waals surface area (Å²) in [4.78, 5) is 11.5. The first-order valence-corrected chi connectivity index (χ1v) is 12.6. The zero-order valence-electron chi connectivity index (χ0n) is 21.1. The third kappa shape index (κ3) is 8.29. The van der Waals surface area contributed by atoms with E-state index in [9.17, 15) is 9.90 Å². The first kappa shape index (κ1) is 26.6. The van der Waals surface area contributed by atoms with Gasteiger partial charge in [0.05, 0.1) is 38.1 Å². The molecule has 0 bridgehead atoms. The molecule has 0 radical (unpaired) electrons. The van der Waals surface area contributed by atoms with Crippen LogP contribution in [0.1, 0.15) is 30.0 Å². The summed E-state index contributed by atoms with van der Waals surface area (Å²) in [5, 5.41) is 9.46. The SMILES string of the molecule is CC(CC1=C[C@@H](OCc2ccccc2)[C@@H](OCc2ccccc2)[C@@H](COCc2ccccc2)O1)C(=O)O. The minimum Gasteiger partial charge on any atom is -0.490 e. The van der Waals surface area contributed by atoms with E-state index < -0.39 is 30.2 Å². The summed E-state index contributed by atoms with van der Waals surface area (Å²) in [5.74, 6) is -0.875. The molecule has 6 nitrogen and oxygen atoms in total. The quantitative estimate of drug-likeness (QED) is 0.320. The minimum atomic E-state index is -0.870. The highest BCUT2D eigenvalue weighted by molar-refractivity contribution is 5.69. The van der Waals surface area contributed by atoms with Crippen LogP contribution in [0, 0.1) is 5.92 Å². The predicted octanol–water partition coefficient (Wildman–Crippen LogP) is 5.77. The number of hydrogen-bond acceptors (Lipinski definition) is 5. The molecule has 1 N–H and O–H groups in total. The fourth-order valence-corrected chi connectivity index (χ4v) is 4.17. The van der Waals surface area contributed by atoms with Gasteiger partial charge in [0.25, 0.3) is 0 Å². The van der Waals surface area contributed by atoms with E-state index >= 15 is 0 Å². The Labute approximate surface area is 218 Å². The summed E-state index contributed by atoms with van der Waals surface area (Å²) in [6.45, 7) is 3.17. The van der Waals surface area contributed by atoms with Crippen LogP contribution in [0.5, 0.6) is 0 Å². The molecule has 1 aliphatic heterocycles. The maximum atomic E-state index is 11.5. The van der Waals surface area contributed by atoms with Gasteiger partial charge in [-0.15, -0.1) is 0 Å². The van der Waals surface area contributed by atoms with Crippen molar-refractivity contribution in [3.05, 3.63) is 120 Å². The highest BCUT2D eigenvalue weighted by Gasteiger charge is 2.37. The van der Waals surface area contributed by atoms with Crippen molar-refractivity contribution in [3.8, 4) is 0 Å². The van der Waals surface area contributed by atoms with E-state index in [1.165, 1.54) is 0 Å². The lowest BCUT2D eigenvalue weighted by Gasteiger charge is -2.37. The summed E-state index contributed by atoms with van der Waals surface area (Å²) in [5.41, 5.74) is 3.15. The van der Waals surface area contributed by atoms with Crippen LogP contribution >= 0.6 is 0 Å². The molecule has 1 aliphatic rings. The molecule has 3 aromatic carbocycles. The van der Waals surface area contributed by atoms with Crippen molar-refractivity contribution in [2.75, 3.05) is 6.61 Å². The number of allylic oxidation sites excluding steroid dienone is 1. The highest BCUT2D eigenvalue weighted by Crippen LogP contribution is 2.29. The first-order valence-electron chi connectivity index (χ1n) is 12.6. The summed E-state index contributed by atoms with van der Waals surface area (Å²) < 4.78 is 25.1. The van der Waals surface area contributed by atoms with Crippen molar-refractivity contribution in [1.29, 1.82) is 0 Å². The molecule has 4 rings (SSSR count). The molecule has 37 heavy (non-hydrogen) atoms. The lowest BCUT2D eigenvalue weighted by Crippen LogP contribution is -2.47. The molecule has 1 unspecified atom stereocenters. The summed E-state index contributed by atoms with van der Waals surface area (Å²) in [6.07, 6.45) is 0.795. The Bertz CT molecular complexity index is 1120. The molecule has 0 spiro atoms. The highest BCUT2D eigenvalue weighted by atomic mass is 16.6. The molecule has 0 fully saturated rings. The molecule has 0 saturated heterocycles. The molecular weight excluding hydrogens is 468 g/mol. The molecule has 0 amide bonds. The molecular formula is C31H34O6. The fraction of sp³-hybridized carbons (Fsp3) is 0.323. The van der Waals surface area contributed by atoms with Crippen molar-refractivity contribution in [2.24, 2.45) is 5.92 Å². The second-order valence-electron chi connectivity index (χ2n) is 9.26. The molecule has 3 aromatic rings. The Morgan fingerprint density at radius 3 is 1.86 bits per heavy atom. The van der Waals surface area contributed by atoms with Crippen molar-refractivity contribution in [2.45, 2.75) is 51.5 Å². The molecule has 0 saturated carbocycles. The zero-order chi connectivity index (χ0) is 25.9. The van der Waals surface area contributed by atoms with E-state index in [1.54, 1.807) is 6.92 Å². The lowest BCUT2D eigenvalue weighted by molar-refractivity contribution is -0.156. The molecule has 0 aromatic heterocycles. The van der Waals surface area contributed by atoms with Gasteiger partial charge in [-0.1, -0.05) is 97.9 Å². The fourth-order valence-electron chi connectivity index (χ4n) is 4.17. The van der Waals surface area contributed by atoms with Crippen LogP contribution in [0.25, 0.3) is 0 Å². The van der Waals surface area contributed by atoms with E-state index in [0.29, 0.717) is 25.6 Å². The summed E-state index contributed by atoms with van der Waals surface area (Å²) in [6, 6.07) is 29.8. The topological polar surface area (TPSA) is 74.2 Å². The van der Waals surface area contributed by atoms with Crippen molar-refractivity contribution >= 4 is 5.97 Å². The van der Waals surface area contributed by atoms with Crippen LogP contribution in [0.2, 0.25) is 0 Å². The summed E-state index contributed by atoms with van der Waals surface area (Å²) in [7, 11) is 0. The third-order valence-electron chi connectivity index (χ3n) is 6.24. The number of aliphatic carboxylic acids is 1. The van der Waals surface area contributed by atoms with Crippen molar-refractivity contribution in [3.63, 3.8) is 0 Å². The Hall–Kier alpha value is -3.45. The van der Waals surface area contributed by atoms with Gasteiger partial charge in [0, 0.05) is 6.42 Å². The maximum absolute atomic E-state index is 11.5. The molecule has 0 aliphatic carbocycles. The van der Waals surface area contributed by atoms with E-state index in [0.717, 1.165) is 16.7 Å². The second kappa shape index (κ2) is 13.7. The summed E-state index contributed by atoms with van der Waals surface area (Å²) >= 11 is 0. The van der Waals surface area contributed by atoms with Crippen LogP contribution in [0.15, 0.2) is 103 Å². The Balaban J connectivity index is 1.53. The molecule has 4 atom stereocenters. The Morgan fingerprint density at radius 1 is 0.811 bits per heavy atom. The third-order valence-corrected chi connectivity index (χ3v) is 6.24. The van der Waals surface area contributed by atoms with Crippen molar-refractivity contribution < 1.29 is 28.8 Å². The zero-order valence-corrected chi connectivity index (χ0v) is 21.1. The molecule has 194 valence electrons. The van der Waals surface area contributed by atoms with Crippen molar-refractivity contribution in [1.82, 2.24) is 0 Å². The van der Waals surface area contributed by atoms with Gasteiger partial charge in [-0.3, -0.25) is 4.79 Å². The molecule has 6 heteroatoms. The van der Waals surface area contributed by atoms with Gasteiger partial charge >= 0.3 is 5.97 Å². The number of hydrogen-bond donors (Lipinski definition) is 1. The van der Waals surface area contributed by atoms with Crippen LogP contribution in [-0.4, -0.2) is 36.0 Å². The predicted molar refractivity (Wildman–Crippen MR) is 141 cm³/mol. The number of benzene rings is 3. The average Bonchev–Trinajstić information content (AvgIpc) is 2.93. The van der Waals surface area contributed by atoms with E-state index in [-0.39, 0.29) is 13.0 Å². The lowest BCUT2D eigenvalue weighted by atomic mass is 9.99. The van der Waals surface area contributed by atoms with E-state index in [4.69, 9.17) is 18.9 Å². The Morgan fingerprint density at radius 2 is 1.32 bits per heavy atom. The van der Waals surface area contributed by atoms with E-state index in [2.05, 4.69) is 0 Å². The van der Waals surface area contributed by atoms with Gasteiger partial charge in [-0.05, 0) is 22.8 Å². The average molecular weight is 503 g/mol. The van der Waals surface area contributed by atoms with Gasteiger partial charge in [0.15, 0.2) is 6.10 Å². The van der Waals surface area contributed by atoms with E-state index in [1.807, 2.05) is 97.1 Å². The number of ether oxygens (including phenoxy) is 4. The normalized spacial score (nSPS) is 20.0. The van der Waals surface area contributed by atoms with Crippen LogP contribution in [0.4, 0.5) is 0 Å². The first-order chi connectivity index (χ1) is 18.1. The van der Waals surface area contributed by atoms with Crippen LogP contribution < -0.4 is 0 Å². The number of carboxylic acid groups (broad SMARTS) is 1.